The number of phosphoric ester groups is 1. The normalized spacial score (nSPS) is 25.1. The minimum atomic E-state index is -5.73. The Kier molecular flexibility index (Phi) is 15.6. The molecule has 0 aliphatic carbocycles. The molecular weight excluding hydrogens is 837 g/mol. The van der Waals surface area contributed by atoms with Crippen molar-refractivity contribution in [3.63, 3.8) is 0 Å². The fraction of sp³-hybridized carbons (Fsp3) is 0.633. The molecule has 57 heavy (non-hydrogen) atoms. The lowest BCUT2D eigenvalue weighted by Gasteiger charge is -2.20. The number of hydrogen-bond donors (Lipinski definition) is 10. The van der Waals surface area contributed by atoms with Crippen molar-refractivity contribution in [3.05, 3.63) is 18.1 Å². The summed E-state index contributed by atoms with van der Waals surface area (Å²) in [6.07, 6.45) is 5.50. The van der Waals surface area contributed by atoms with Crippen LogP contribution in [0.3, 0.4) is 0 Å². The molecular formula is C30H45N8O15P3S. The summed E-state index contributed by atoms with van der Waals surface area (Å²) in [5.41, 5.74) is 6.75. The van der Waals surface area contributed by atoms with Crippen molar-refractivity contribution in [2.75, 3.05) is 37.8 Å². The minimum Gasteiger partial charge on any atom is -0.388 e. The summed E-state index contributed by atoms with van der Waals surface area (Å²) in [6, 6.07) is -0.605. The molecule has 3 aliphatic rings. The maximum absolute atomic E-state index is 12.4. The number of carbonyl (C=O) groups excluding carboxylic acids is 3. The highest BCUT2D eigenvalue weighted by molar-refractivity contribution is 8.00. The van der Waals surface area contributed by atoms with Crippen molar-refractivity contribution in [2.45, 2.75) is 86.9 Å². The second-order valence-corrected chi connectivity index (χ2v) is 19.0. The van der Waals surface area contributed by atoms with Crippen molar-refractivity contribution in [2.24, 2.45) is 0 Å². The van der Waals surface area contributed by atoms with E-state index in [-0.39, 0.29) is 61.0 Å². The predicted octanol–water partition coefficient (Wildman–Crippen LogP) is 0.528. The van der Waals surface area contributed by atoms with Crippen LogP contribution in [0.25, 0.3) is 11.0 Å². The average Bonchev–Trinajstić information content (AvgIpc) is 3.87. The minimum absolute atomic E-state index is 0.000155. The van der Waals surface area contributed by atoms with E-state index in [4.69, 9.17) is 20.3 Å². The highest BCUT2D eigenvalue weighted by Crippen LogP contribution is 2.66. The zero-order valence-electron chi connectivity index (χ0n) is 30.3. The first-order chi connectivity index (χ1) is 26.9. The van der Waals surface area contributed by atoms with E-state index in [0.29, 0.717) is 35.6 Å². The fourth-order valence-electron chi connectivity index (χ4n) is 6.53. The molecule has 5 heterocycles. The van der Waals surface area contributed by atoms with Gasteiger partial charge < -0.3 is 61.0 Å². The number of aromatic nitrogens is 3. The van der Waals surface area contributed by atoms with E-state index in [1.54, 1.807) is 0 Å². The molecule has 3 fully saturated rings. The molecule has 0 spiro atoms. The Bertz CT molecular complexity index is 1990. The molecule has 8 atom stereocenters. The van der Waals surface area contributed by atoms with Gasteiger partial charge in [0.15, 0.2) is 0 Å². The summed E-state index contributed by atoms with van der Waals surface area (Å²) < 4.78 is 53.5. The summed E-state index contributed by atoms with van der Waals surface area (Å²) in [5.74, 6) is 6.56. The Morgan fingerprint density at radius 1 is 1.02 bits per heavy atom. The van der Waals surface area contributed by atoms with Gasteiger partial charge in [-0.1, -0.05) is 24.7 Å². The number of nitrogen functional groups attached to an aromatic ring is 1. The van der Waals surface area contributed by atoms with Gasteiger partial charge in [0.2, 0.25) is 11.8 Å². The second kappa shape index (κ2) is 19.7. The molecule has 2 aromatic heterocycles. The molecule has 0 saturated carbocycles. The van der Waals surface area contributed by atoms with E-state index in [2.05, 4.69) is 56.2 Å². The van der Waals surface area contributed by atoms with Crippen molar-refractivity contribution in [3.8, 4) is 11.8 Å². The van der Waals surface area contributed by atoms with Gasteiger partial charge in [0, 0.05) is 36.6 Å². The topological polar surface area (TPSA) is 345 Å². The lowest BCUT2D eigenvalue weighted by atomic mass is 10.0. The Hall–Kier alpha value is -3.13. The van der Waals surface area contributed by atoms with Gasteiger partial charge in [-0.2, -0.15) is 20.4 Å². The number of urea groups is 1. The molecule has 316 valence electrons. The van der Waals surface area contributed by atoms with Crippen molar-refractivity contribution < 1.29 is 70.6 Å². The summed E-state index contributed by atoms with van der Waals surface area (Å²) in [7, 11) is -16.8. The van der Waals surface area contributed by atoms with Gasteiger partial charge in [-0.15, -0.1) is 0 Å². The number of ether oxygens (including phenoxy) is 1. The van der Waals surface area contributed by atoms with Gasteiger partial charge in [0.25, 0.3) is 0 Å². The summed E-state index contributed by atoms with van der Waals surface area (Å²) >= 11 is 1.86. The summed E-state index contributed by atoms with van der Waals surface area (Å²) in [6.45, 7) is -0.486. The highest BCUT2D eigenvalue weighted by atomic mass is 32.2. The van der Waals surface area contributed by atoms with Crippen molar-refractivity contribution >= 4 is 69.9 Å². The Balaban J connectivity index is 1.00. The van der Waals surface area contributed by atoms with Crippen LogP contribution in [0.2, 0.25) is 0 Å². The smallest absolute Gasteiger partial charge is 0.388 e. The first kappa shape index (κ1) is 45.0. The van der Waals surface area contributed by atoms with E-state index in [9.17, 15) is 43.0 Å². The molecule has 3 aliphatic heterocycles. The number of carbonyl (C=O) groups is 3. The maximum Gasteiger partial charge on any atom is 0.490 e. The number of nitrogens with one attached hydrogen (secondary N) is 4. The SMILES string of the molecule is Nc1ncnc2c1c(C#CCNC(=O)CCCCCNC(=O)CCCC[C@@H]1SC[C@@H]3NC(=O)N[C@@H]31)cn2[C@@H]1CO[C@H](COP(=O)(O)OP(=O)(O)OP(=O)(O)O)[C@H]1O. The van der Waals surface area contributed by atoms with Gasteiger partial charge in [-0.05, 0) is 25.7 Å². The number of hydrogen-bond acceptors (Lipinski definition) is 15. The number of thioether (sulfide) groups is 1. The summed E-state index contributed by atoms with van der Waals surface area (Å²) in [4.78, 5) is 80.8. The molecule has 0 bridgehead atoms. The molecule has 4 amide bonds. The molecule has 3 saturated heterocycles. The first-order valence-corrected chi connectivity index (χ1v) is 23.4. The maximum atomic E-state index is 12.4. The van der Waals surface area contributed by atoms with Crippen LogP contribution in [0, 0.1) is 11.8 Å². The largest absolute Gasteiger partial charge is 0.490 e. The van der Waals surface area contributed by atoms with Gasteiger partial charge >= 0.3 is 29.5 Å². The predicted molar refractivity (Wildman–Crippen MR) is 202 cm³/mol. The fourth-order valence-corrected chi connectivity index (χ4v) is 11.1. The third kappa shape index (κ3) is 13.2. The third-order valence-electron chi connectivity index (χ3n) is 9.15. The van der Waals surface area contributed by atoms with Gasteiger partial charge in [0.1, 0.15) is 30.0 Å². The number of phosphoric acid groups is 3. The van der Waals surface area contributed by atoms with Crippen LogP contribution in [-0.2, 0) is 41.2 Å². The number of unbranched alkanes of at least 4 members (excludes halogenated alkanes) is 3. The van der Waals surface area contributed by atoms with E-state index in [1.807, 2.05) is 11.8 Å². The standard InChI is InChI=1S/C30H45N8O15P3S/c31-28-25-18(7-6-12-33-23(39)9-2-1-5-11-32-24(40)10-4-3-8-22-26-19(16-57-22)36-30(42)37-26)13-38(29(25)35-17-34-28)20-14-50-21(27(20)41)15-51-55(46,47)53-56(48,49)52-54(43,44)45/h13,17,19-22,26-27,41H,1-5,8-12,14-16H2,(H,32,40)(H,33,39)(H,46,47)(H,48,49)(H2,31,34,35)(H2,36,37,42)(H2,43,44,45)/t19-,20+,21+,22-,26-,27-/m0/s1. The number of aliphatic hydroxyl groups excluding tert-OH is 1. The van der Waals surface area contributed by atoms with Crippen LogP contribution in [0.4, 0.5) is 10.6 Å². The molecule has 11 N–H and O–H groups in total. The first-order valence-electron chi connectivity index (χ1n) is 17.8. The molecule has 5 rings (SSSR count). The average molecular weight is 883 g/mol. The van der Waals surface area contributed by atoms with Crippen LogP contribution in [0.1, 0.15) is 63.0 Å². The number of amides is 4. The monoisotopic (exact) mass is 882 g/mol. The Morgan fingerprint density at radius 2 is 1.75 bits per heavy atom. The van der Waals surface area contributed by atoms with Crippen LogP contribution in [-0.4, -0.2) is 119 Å². The molecule has 27 heteroatoms. The lowest BCUT2D eigenvalue weighted by molar-refractivity contribution is -0.122. The number of aliphatic hydroxyl groups is 1. The number of nitrogens with two attached hydrogens (primary N) is 1. The molecule has 0 aromatic carbocycles. The third-order valence-corrected chi connectivity index (χ3v) is 14.5. The van der Waals surface area contributed by atoms with E-state index in [1.165, 1.54) is 17.1 Å². The van der Waals surface area contributed by atoms with Gasteiger partial charge in [0.05, 0.1) is 48.8 Å². The Morgan fingerprint density at radius 3 is 2.51 bits per heavy atom. The number of rotatable bonds is 20. The molecule has 0 radical (unpaired) electrons. The highest BCUT2D eigenvalue weighted by Gasteiger charge is 2.44. The van der Waals surface area contributed by atoms with E-state index >= 15 is 0 Å². The molecule has 2 aromatic rings. The zero-order valence-corrected chi connectivity index (χ0v) is 33.8. The van der Waals surface area contributed by atoms with Gasteiger partial charge in [-0.25, -0.2) is 28.5 Å². The van der Waals surface area contributed by atoms with Crippen LogP contribution < -0.4 is 27.0 Å². The van der Waals surface area contributed by atoms with Crippen molar-refractivity contribution in [1.82, 2.24) is 35.8 Å². The molecule has 23 nitrogen and oxygen atoms in total. The van der Waals surface area contributed by atoms with Crippen molar-refractivity contribution in [1.29, 1.82) is 0 Å². The zero-order chi connectivity index (χ0) is 41.4. The van der Waals surface area contributed by atoms with E-state index < -0.39 is 48.3 Å². The number of fused-ring (bicyclic) bond motifs is 2. The molecule has 2 unspecified atom stereocenters. The lowest BCUT2D eigenvalue weighted by Crippen LogP contribution is -2.36. The Labute approximate surface area is 330 Å². The van der Waals surface area contributed by atoms with Crippen LogP contribution in [0.15, 0.2) is 12.5 Å². The van der Waals surface area contributed by atoms with Crippen LogP contribution >= 0.6 is 35.2 Å². The van der Waals surface area contributed by atoms with Crippen LogP contribution in [0.5, 0.6) is 0 Å². The number of nitrogens with zero attached hydrogens (tertiary/aromatic N) is 3. The van der Waals surface area contributed by atoms with E-state index in [0.717, 1.165) is 37.9 Å². The summed E-state index contributed by atoms with van der Waals surface area (Å²) in [5, 5.41) is 23.3. The number of anilines is 1. The second-order valence-electron chi connectivity index (χ2n) is 13.3. The quantitative estimate of drug-likeness (QED) is 0.0375. The van der Waals surface area contributed by atoms with Gasteiger partial charge in [-0.3, -0.25) is 14.1 Å².